The summed E-state index contributed by atoms with van der Waals surface area (Å²) in [5, 5.41) is 5.35. The third-order valence-corrected chi connectivity index (χ3v) is 11.1. The second-order valence-electron chi connectivity index (χ2n) is 14.7. The molecule has 4 heterocycles. The molecule has 2 saturated heterocycles. The number of ether oxygens (including phenoxy) is 3. The fraction of sp³-hybridized carbons (Fsp3) is 0.442. The van der Waals surface area contributed by atoms with Crippen molar-refractivity contribution >= 4 is 24.0 Å². The summed E-state index contributed by atoms with van der Waals surface area (Å²) in [7, 11) is 4.04. The van der Waals surface area contributed by atoms with Gasteiger partial charge < -0.3 is 44.6 Å². The highest BCUT2D eigenvalue weighted by molar-refractivity contribution is 5.87. The number of rotatable bonds is 12. The van der Waals surface area contributed by atoms with Gasteiger partial charge in [-0.25, -0.2) is 19.6 Å². The predicted octanol–water partition coefficient (Wildman–Crippen LogP) is 5.72. The van der Waals surface area contributed by atoms with E-state index in [1.54, 1.807) is 24.2 Å². The summed E-state index contributed by atoms with van der Waals surface area (Å²) in [6.45, 7) is 6.80. The number of imidazole rings is 2. The molecule has 0 spiro atoms. The number of nitrogens with one attached hydrogen (secondary N) is 4. The van der Waals surface area contributed by atoms with E-state index < -0.39 is 30.4 Å². The molecule has 2 aliphatic rings. The number of carbonyl (C=O) groups excluding carboxylic acids is 4. The minimum Gasteiger partial charge on any atom is -0.453 e. The van der Waals surface area contributed by atoms with Crippen LogP contribution >= 0.6 is 0 Å². The Balaban J connectivity index is 1.08. The molecule has 0 radical (unpaired) electrons. The van der Waals surface area contributed by atoms with Crippen LogP contribution in [0.2, 0.25) is 0 Å². The van der Waals surface area contributed by atoms with Crippen LogP contribution in [-0.4, -0.2) is 106 Å². The van der Waals surface area contributed by atoms with Crippen LogP contribution < -0.4 is 10.6 Å². The Bertz CT molecular complexity index is 1970. The smallest absolute Gasteiger partial charge is 0.407 e. The number of H-pyrrole nitrogens is 2. The number of methoxy groups -OCH3 is 3. The van der Waals surface area contributed by atoms with Gasteiger partial charge in [-0.05, 0) is 73.9 Å². The highest BCUT2D eigenvalue weighted by Gasteiger charge is 2.40. The number of aromatic nitrogens is 4. The van der Waals surface area contributed by atoms with Gasteiger partial charge in [0.25, 0.3) is 0 Å². The lowest BCUT2D eigenvalue weighted by Crippen LogP contribution is -2.54. The number of aromatic amines is 2. The summed E-state index contributed by atoms with van der Waals surface area (Å²) in [6, 6.07) is 13.7. The zero-order valence-corrected chi connectivity index (χ0v) is 33.8. The molecule has 58 heavy (non-hydrogen) atoms. The monoisotopic (exact) mass is 792 g/mol. The molecule has 0 saturated carbocycles. The highest BCUT2D eigenvalue weighted by Crippen LogP contribution is 2.34. The molecule has 4 aromatic rings. The lowest BCUT2D eigenvalue weighted by molar-refractivity contribution is -0.137. The van der Waals surface area contributed by atoms with E-state index in [4.69, 9.17) is 14.2 Å². The highest BCUT2D eigenvalue weighted by atomic mass is 16.5. The van der Waals surface area contributed by atoms with Crippen molar-refractivity contribution in [2.45, 2.75) is 83.1 Å². The molecular formula is C43H52N8O7. The number of hydrogen-bond donors (Lipinski definition) is 4. The summed E-state index contributed by atoms with van der Waals surface area (Å²) in [6.07, 6.45) is 5.57. The summed E-state index contributed by atoms with van der Waals surface area (Å²) in [5.74, 6) is 7.44. The predicted molar refractivity (Wildman–Crippen MR) is 216 cm³/mol. The lowest BCUT2D eigenvalue weighted by atomic mass is 9.97. The first-order valence-corrected chi connectivity index (χ1v) is 19.7. The van der Waals surface area contributed by atoms with Gasteiger partial charge in [-0.2, -0.15) is 0 Å². The molecule has 2 fully saturated rings. The molecule has 15 heteroatoms. The van der Waals surface area contributed by atoms with E-state index in [2.05, 4.69) is 42.4 Å². The van der Waals surface area contributed by atoms with Gasteiger partial charge in [0.15, 0.2) is 0 Å². The number of carbonyl (C=O) groups is 4. The van der Waals surface area contributed by atoms with Gasteiger partial charge in [0.1, 0.15) is 23.7 Å². The zero-order valence-electron chi connectivity index (χ0n) is 33.8. The number of benzene rings is 2. The van der Waals surface area contributed by atoms with Crippen LogP contribution in [-0.2, 0) is 23.8 Å². The molecule has 4 amide bonds. The SMILES string of the molecule is CC[C@H](C)[C@H](NC(=O)OC)C(=O)N1CCC[C@H]1c1ncc(-c2ccc(C#Cc3ccc(-c4cnc([C@@H]5CCCN5C(=O)[C@@H](NC(=O)OC)[C@@H](C)OC)[nH]4)cc3)cc2)[nH]1. The maximum absolute atomic E-state index is 13.7. The fourth-order valence-electron chi connectivity index (χ4n) is 7.47. The third kappa shape index (κ3) is 9.34. The molecule has 2 aromatic carbocycles. The van der Waals surface area contributed by atoms with Crippen molar-refractivity contribution in [2.75, 3.05) is 34.4 Å². The zero-order chi connectivity index (χ0) is 41.3. The van der Waals surface area contributed by atoms with Crippen LogP contribution in [0.4, 0.5) is 9.59 Å². The van der Waals surface area contributed by atoms with Gasteiger partial charge >= 0.3 is 12.2 Å². The van der Waals surface area contributed by atoms with Crippen molar-refractivity contribution in [2.24, 2.45) is 5.92 Å². The Kier molecular flexibility index (Phi) is 13.5. The van der Waals surface area contributed by atoms with Gasteiger partial charge in [-0.15, -0.1) is 0 Å². The first-order valence-electron chi connectivity index (χ1n) is 19.7. The number of hydrogen-bond acceptors (Lipinski definition) is 9. The molecular weight excluding hydrogens is 741 g/mol. The van der Waals surface area contributed by atoms with E-state index in [9.17, 15) is 19.2 Å². The topological polar surface area (TPSA) is 184 Å². The number of likely N-dealkylation sites (tertiary alicyclic amines) is 2. The largest absolute Gasteiger partial charge is 0.453 e. The van der Waals surface area contributed by atoms with Gasteiger partial charge in [-0.3, -0.25) is 9.59 Å². The van der Waals surface area contributed by atoms with E-state index in [-0.39, 0.29) is 29.8 Å². The van der Waals surface area contributed by atoms with Crippen LogP contribution in [0.25, 0.3) is 22.5 Å². The molecule has 2 aromatic heterocycles. The van der Waals surface area contributed by atoms with E-state index >= 15 is 0 Å². The number of amides is 4. The standard InChI is InChI=1S/C43H52N8O7/c1-7-26(2)36(48-42(54)57-5)40(52)50-22-8-10-34(50)38-44-24-32(46-38)30-18-14-28(15-19-30)12-13-29-16-20-31(21-17-29)33-25-45-39(47-33)35-11-9-23-51(35)41(53)37(27(3)56-4)49-43(55)58-6/h14-21,24-27,34-37H,7-11,22-23H2,1-6H3,(H,44,46)(H,45,47)(H,48,54)(H,49,55)/t26-,27+,34-,35-,36-,37-/m0/s1. The molecule has 0 aliphatic carbocycles. The fourth-order valence-corrected chi connectivity index (χ4v) is 7.47. The Morgan fingerprint density at radius 1 is 0.724 bits per heavy atom. The Morgan fingerprint density at radius 3 is 1.57 bits per heavy atom. The van der Waals surface area contributed by atoms with Crippen LogP contribution in [0.5, 0.6) is 0 Å². The minimum absolute atomic E-state index is 0.0584. The van der Waals surface area contributed by atoms with Crippen molar-refractivity contribution in [3.8, 4) is 34.4 Å². The maximum atomic E-state index is 13.7. The lowest BCUT2D eigenvalue weighted by Gasteiger charge is -2.30. The third-order valence-electron chi connectivity index (χ3n) is 11.1. The molecule has 6 atom stereocenters. The van der Waals surface area contributed by atoms with E-state index in [1.807, 2.05) is 67.3 Å². The number of nitrogens with zero attached hydrogens (tertiary/aromatic N) is 4. The Morgan fingerprint density at radius 2 is 1.16 bits per heavy atom. The van der Waals surface area contributed by atoms with Crippen LogP contribution in [0.3, 0.4) is 0 Å². The quantitative estimate of drug-likeness (QED) is 0.130. The first kappa shape index (κ1) is 41.5. The van der Waals surface area contributed by atoms with Crippen molar-refractivity contribution in [1.29, 1.82) is 0 Å². The molecule has 4 N–H and O–H groups in total. The molecule has 6 rings (SSSR count). The van der Waals surface area contributed by atoms with E-state index in [0.29, 0.717) is 24.7 Å². The minimum atomic E-state index is -0.898. The number of alkyl carbamates (subject to hydrolysis) is 2. The molecule has 0 bridgehead atoms. The second-order valence-corrected chi connectivity index (χ2v) is 14.7. The summed E-state index contributed by atoms with van der Waals surface area (Å²) < 4.78 is 14.9. The molecule has 2 aliphatic heterocycles. The van der Waals surface area contributed by atoms with E-state index in [0.717, 1.165) is 65.7 Å². The van der Waals surface area contributed by atoms with Crippen molar-refractivity contribution in [3.63, 3.8) is 0 Å². The molecule has 0 unspecified atom stereocenters. The molecule has 15 nitrogen and oxygen atoms in total. The van der Waals surface area contributed by atoms with Gasteiger partial charge in [0, 0.05) is 31.3 Å². The second kappa shape index (κ2) is 18.9. The van der Waals surface area contributed by atoms with Gasteiger partial charge in [0.05, 0.1) is 56.2 Å². The Hall–Kier alpha value is -6.14. The Labute approximate surface area is 338 Å². The van der Waals surface area contributed by atoms with Gasteiger partial charge in [0.2, 0.25) is 11.8 Å². The van der Waals surface area contributed by atoms with Gasteiger partial charge in [-0.1, -0.05) is 56.4 Å². The van der Waals surface area contributed by atoms with Crippen molar-refractivity contribution in [3.05, 3.63) is 83.7 Å². The summed E-state index contributed by atoms with van der Waals surface area (Å²) in [5.41, 5.74) is 5.24. The van der Waals surface area contributed by atoms with Crippen LogP contribution in [0.15, 0.2) is 60.9 Å². The average molecular weight is 793 g/mol. The van der Waals surface area contributed by atoms with Crippen LogP contribution in [0, 0.1) is 17.8 Å². The first-order chi connectivity index (χ1) is 28.0. The molecule has 306 valence electrons. The summed E-state index contributed by atoms with van der Waals surface area (Å²) >= 11 is 0. The van der Waals surface area contributed by atoms with Crippen LogP contribution in [0.1, 0.15) is 87.7 Å². The average Bonchev–Trinajstić information content (AvgIpc) is 4.10. The normalized spacial score (nSPS) is 18.4. The van der Waals surface area contributed by atoms with Crippen molar-refractivity contribution < 1.29 is 33.4 Å². The summed E-state index contributed by atoms with van der Waals surface area (Å²) in [4.78, 5) is 70.9. The van der Waals surface area contributed by atoms with Crippen molar-refractivity contribution in [1.82, 2.24) is 40.4 Å². The maximum Gasteiger partial charge on any atom is 0.407 e. The van der Waals surface area contributed by atoms with E-state index in [1.165, 1.54) is 21.3 Å².